The van der Waals surface area contributed by atoms with Crippen molar-refractivity contribution in [3.63, 3.8) is 0 Å². The highest BCUT2D eigenvalue weighted by Crippen LogP contribution is 2.50. The van der Waals surface area contributed by atoms with Gasteiger partial charge in [-0.05, 0) is 48.1 Å². The fraction of sp³-hybridized carbons (Fsp3) is 0.450. The normalized spacial score (nSPS) is 27.6. The smallest absolute Gasteiger partial charge is 0.235 e. The first-order chi connectivity index (χ1) is 13.3. The van der Waals surface area contributed by atoms with Crippen LogP contribution in [0.15, 0.2) is 45.3 Å². The van der Waals surface area contributed by atoms with Crippen molar-refractivity contribution in [3.8, 4) is 5.75 Å². The summed E-state index contributed by atoms with van der Waals surface area (Å²) >= 11 is 5.70. The zero-order valence-electron chi connectivity index (χ0n) is 15.2. The molecule has 4 aliphatic rings. The number of ether oxygens (including phenoxy) is 1. The average molecular weight is 419 g/mol. The third-order valence-electron chi connectivity index (χ3n) is 5.50. The van der Waals surface area contributed by atoms with Crippen LogP contribution < -0.4 is 10.1 Å². The third kappa shape index (κ3) is 3.08. The van der Waals surface area contributed by atoms with Crippen LogP contribution in [0.1, 0.15) is 30.9 Å². The van der Waals surface area contributed by atoms with Gasteiger partial charge in [0.1, 0.15) is 5.75 Å². The summed E-state index contributed by atoms with van der Waals surface area (Å²) in [6.45, 7) is 0. The number of amides is 1. The molecule has 2 fully saturated rings. The topological polar surface area (TPSA) is 41.6 Å². The second kappa shape index (κ2) is 7.33. The summed E-state index contributed by atoms with van der Waals surface area (Å²) in [6, 6.07) is 8.28. The highest BCUT2D eigenvalue weighted by atomic mass is 32.2. The number of nitrogens with one attached hydrogen (secondary N) is 1. The van der Waals surface area contributed by atoms with Crippen molar-refractivity contribution in [3.05, 3.63) is 50.9 Å². The average Bonchev–Trinajstić information content (AvgIpc) is 3.37. The number of nitrogens with zero attached hydrogens (tertiary/aromatic N) is 1. The maximum Gasteiger partial charge on any atom is 0.235 e. The van der Waals surface area contributed by atoms with Crippen LogP contribution >= 0.6 is 35.3 Å². The van der Waals surface area contributed by atoms with E-state index in [1.54, 1.807) is 18.9 Å². The molecule has 1 amide bonds. The SMILES string of the molecule is COc1ccc([C@@H]2C3=C(N[C@@H]4SCC(=O)N42)C(=C2SCCS2)CCC3)cc1. The predicted molar refractivity (Wildman–Crippen MR) is 115 cm³/mol. The molecule has 1 aromatic carbocycles. The first-order valence-electron chi connectivity index (χ1n) is 9.31. The van der Waals surface area contributed by atoms with Gasteiger partial charge in [0.05, 0.1) is 18.9 Å². The summed E-state index contributed by atoms with van der Waals surface area (Å²) in [5, 5.41) is 3.74. The van der Waals surface area contributed by atoms with E-state index in [1.807, 2.05) is 35.7 Å². The quantitative estimate of drug-likeness (QED) is 0.771. The van der Waals surface area contributed by atoms with E-state index in [2.05, 4.69) is 22.3 Å². The lowest BCUT2D eigenvalue weighted by molar-refractivity contribution is -0.130. The van der Waals surface area contributed by atoms with Crippen molar-refractivity contribution in [2.45, 2.75) is 30.8 Å². The Morgan fingerprint density at radius 1 is 1.15 bits per heavy atom. The fourth-order valence-electron chi connectivity index (χ4n) is 4.31. The first-order valence-corrected chi connectivity index (χ1v) is 12.3. The van der Waals surface area contributed by atoms with Crippen LogP contribution in [0.2, 0.25) is 0 Å². The largest absolute Gasteiger partial charge is 0.497 e. The Hall–Kier alpha value is -1.18. The highest BCUT2D eigenvalue weighted by molar-refractivity contribution is 8.25. The lowest BCUT2D eigenvalue weighted by Crippen LogP contribution is -2.50. The van der Waals surface area contributed by atoms with E-state index in [0.29, 0.717) is 5.75 Å². The van der Waals surface area contributed by atoms with Crippen molar-refractivity contribution in [1.29, 1.82) is 0 Å². The zero-order valence-corrected chi connectivity index (χ0v) is 17.6. The Bertz CT molecular complexity index is 826. The minimum absolute atomic E-state index is 0.0342. The minimum atomic E-state index is 0.0342. The Morgan fingerprint density at radius 3 is 2.67 bits per heavy atom. The van der Waals surface area contributed by atoms with E-state index in [-0.39, 0.29) is 17.4 Å². The molecule has 142 valence electrons. The van der Waals surface area contributed by atoms with Crippen LogP contribution in [-0.4, -0.2) is 40.7 Å². The van der Waals surface area contributed by atoms with Crippen LogP contribution in [0.5, 0.6) is 5.75 Å². The summed E-state index contributed by atoms with van der Waals surface area (Å²) in [7, 11) is 1.69. The number of carbonyl (C=O) groups is 1. The number of thioether (sulfide) groups is 3. The number of carbonyl (C=O) groups excluding carboxylic acids is 1. The Kier molecular flexibility index (Phi) is 4.86. The molecule has 7 heteroatoms. The molecule has 2 atom stereocenters. The van der Waals surface area contributed by atoms with E-state index in [9.17, 15) is 4.79 Å². The van der Waals surface area contributed by atoms with Crippen molar-refractivity contribution in [2.24, 2.45) is 0 Å². The predicted octanol–water partition coefficient (Wildman–Crippen LogP) is 4.33. The van der Waals surface area contributed by atoms with Gasteiger partial charge in [0.15, 0.2) is 5.50 Å². The number of allylic oxidation sites excluding steroid dienone is 1. The number of benzene rings is 1. The molecule has 0 spiro atoms. The van der Waals surface area contributed by atoms with Gasteiger partial charge < -0.3 is 15.0 Å². The summed E-state index contributed by atoms with van der Waals surface area (Å²) in [4.78, 5) is 14.8. The van der Waals surface area contributed by atoms with E-state index < -0.39 is 0 Å². The molecule has 3 aliphatic heterocycles. The number of methoxy groups -OCH3 is 1. The highest BCUT2D eigenvalue weighted by Gasteiger charge is 2.45. The molecule has 0 bridgehead atoms. The fourth-order valence-corrected chi connectivity index (χ4v) is 7.99. The van der Waals surface area contributed by atoms with Gasteiger partial charge in [0.2, 0.25) is 5.91 Å². The maximum absolute atomic E-state index is 12.7. The standard InChI is InChI=1S/C20H22N2O2S3/c1-24-13-7-5-12(6-8-13)18-14-3-2-4-15(19-25-9-10-26-19)17(14)21-20-22(18)16(23)11-27-20/h5-8,18,20-21H,2-4,9-11H2,1H3/t18-,20+/m1/s1. The number of hydrogen-bond donors (Lipinski definition) is 1. The molecule has 1 aliphatic carbocycles. The lowest BCUT2D eigenvalue weighted by Gasteiger charge is -2.44. The Labute approximate surface area is 172 Å². The van der Waals surface area contributed by atoms with Gasteiger partial charge in [-0.15, -0.1) is 35.3 Å². The summed E-state index contributed by atoms with van der Waals surface area (Å²) in [5.74, 6) is 4.05. The summed E-state index contributed by atoms with van der Waals surface area (Å²) in [5.41, 5.74) is 5.41. The second-order valence-electron chi connectivity index (χ2n) is 7.00. The molecule has 2 saturated heterocycles. The Balaban J connectivity index is 1.63. The van der Waals surface area contributed by atoms with Crippen LogP contribution in [0.4, 0.5) is 0 Å². The molecular weight excluding hydrogens is 396 g/mol. The van der Waals surface area contributed by atoms with E-state index in [0.717, 1.165) is 25.0 Å². The molecule has 27 heavy (non-hydrogen) atoms. The molecule has 4 nitrogen and oxygen atoms in total. The first kappa shape index (κ1) is 17.9. The van der Waals surface area contributed by atoms with Gasteiger partial charge in [-0.2, -0.15) is 0 Å². The molecule has 5 rings (SSSR count). The molecule has 0 saturated carbocycles. The van der Waals surface area contributed by atoms with Crippen LogP contribution in [0, 0.1) is 0 Å². The third-order valence-corrected chi connectivity index (χ3v) is 9.38. The number of fused-ring (bicyclic) bond motifs is 1. The van der Waals surface area contributed by atoms with Gasteiger partial charge in [0, 0.05) is 21.4 Å². The molecule has 1 aromatic rings. The van der Waals surface area contributed by atoms with Gasteiger partial charge >= 0.3 is 0 Å². The number of rotatable bonds is 2. The van der Waals surface area contributed by atoms with Crippen molar-refractivity contribution >= 4 is 41.2 Å². The molecule has 0 aromatic heterocycles. The maximum atomic E-state index is 12.7. The van der Waals surface area contributed by atoms with Gasteiger partial charge in [-0.3, -0.25) is 4.79 Å². The van der Waals surface area contributed by atoms with Gasteiger partial charge in [-0.1, -0.05) is 12.1 Å². The van der Waals surface area contributed by atoms with E-state index in [1.165, 1.54) is 38.1 Å². The monoisotopic (exact) mass is 418 g/mol. The molecule has 0 radical (unpaired) electrons. The van der Waals surface area contributed by atoms with Gasteiger partial charge in [-0.25, -0.2) is 0 Å². The molecule has 0 unspecified atom stereocenters. The zero-order chi connectivity index (χ0) is 18.4. The number of hydrogen-bond acceptors (Lipinski definition) is 6. The second-order valence-corrected chi connectivity index (χ2v) is 10.5. The van der Waals surface area contributed by atoms with E-state index in [4.69, 9.17) is 4.74 Å². The molecular formula is C20H22N2O2S3. The molecule has 3 heterocycles. The van der Waals surface area contributed by atoms with Crippen molar-refractivity contribution in [2.75, 3.05) is 24.4 Å². The van der Waals surface area contributed by atoms with Crippen LogP contribution in [0.25, 0.3) is 0 Å². The van der Waals surface area contributed by atoms with Crippen LogP contribution in [0.3, 0.4) is 0 Å². The Morgan fingerprint density at radius 2 is 1.93 bits per heavy atom. The summed E-state index contributed by atoms with van der Waals surface area (Å²) in [6.07, 6.45) is 3.35. The lowest BCUT2D eigenvalue weighted by atomic mass is 9.83. The van der Waals surface area contributed by atoms with Crippen LogP contribution in [-0.2, 0) is 4.79 Å². The summed E-state index contributed by atoms with van der Waals surface area (Å²) < 4.78 is 6.83. The minimum Gasteiger partial charge on any atom is -0.497 e. The van der Waals surface area contributed by atoms with E-state index >= 15 is 0 Å². The molecule has 1 N–H and O–H groups in total. The van der Waals surface area contributed by atoms with Gasteiger partial charge in [0.25, 0.3) is 0 Å². The van der Waals surface area contributed by atoms with Crippen molar-refractivity contribution in [1.82, 2.24) is 10.2 Å². The van der Waals surface area contributed by atoms with Crippen molar-refractivity contribution < 1.29 is 9.53 Å².